The number of ether oxygens (including phenoxy) is 2. The molecule has 0 spiro atoms. The molecule has 34 heavy (non-hydrogen) atoms. The molecule has 0 bridgehead atoms. The second-order valence-corrected chi connectivity index (χ2v) is 9.53. The van der Waals surface area contributed by atoms with Crippen molar-refractivity contribution < 1.29 is 35.9 Å². The zero-order valence-electron chi connectivity index (χ0n) is 18.5. The van der Waals surface area contributed by atoms with Crippen molar-refractivity contribution in [2.75, 3.05) is 19.7 Å². The van der Waals surface area contributed by atoms with E-state index in [0.29, 0.717) is 55.6 Å². The van der Waals surface area contributed by atoms with E-state index in [1.54, 1.807) is 18.2 Å². The van der Waals surface area contributed by atoms with Gasteiger partial charge in [-0.1, -0.05) is 24.6 Å². The second kappa shape index (κ2) is 11.2. The number of para-hydroxylation sites is 1. The molecule has 1 heterocycles. The summed E-state index contributed by atoms with van der Waals surface area (Å²) < 4.78 is 70.5. The van der Waals surface area contributed by atoms with Crippen LogP contribution in [0.2, 0.25) is 0 Å². The Morgan fingerprint density at radius 3 is 2.62 bits per heavy atom. The molecule has 0 unspecified atom stereocenters. The molecule has 3 rings (SSSR count). The molecule has 0 amide bonds. The van der Waals surface area contributed by atoms with Crippen LogP contribution in [0.5, 0.6) is 11.5 Å². The van der Waals surface area contributed by atoms with Gasteiger partial charge in [0.25, 0.3) is 0 Å². The Hall–Kier alpha value is -2.63. The number of alkyl halides is 3. The summed E-state index contributed by atoms with van der Waals surface area (Å²) in [7, 11) is -4.00. The Labute approximate surface area is 196 Å². The lowest BCUT2D eigenvalue weighted by Gasteiger charge is -2.13. The number of nitrogens with one attached hydrogen (secondary N) is 1. The number of sulfonamides is 1. The minimum absolute atomic E-state index is 0.155. The molecule has 11 heteroatoms. The summed E-state index contributed by atoms with van der Waals surface area (Å²) in [5, 5.41) is 8.45. The van der Waals surface area contributed by atoms with Gasteiger partial charge in [-0.05, 0) is 61.7 Å². The molecule has 0 aliphatic carbocycles. The molecular formula is C23H27F3N2O5S. The molecule has 0 aromatic heterocycles. The molecule has 0 atom stereocenters. The minimum atomic E-state index is -4.73. The number of ketones is 1. The highest BCUT2D eigenvalue weighted by atomic mass is 32.2. The largest absolute Gasteiger partial charge is 0.573 e. The summed E-state index contributed by atoms with van der Waals surface area (Å²) in [5.41, 5.74) is 1.45. The molecule has 0 saturated heterocycles. The molecular weight excluding hydrogens is 473 g/mol. The highest BCUT2D eigenvalue weighted by Gasteiger charge is 2.32. The van der Waals surface area contributed by atoms with Gasteiger partial charge in [-0.3, -0.25) is 4.79 Å². The fraction of sp³-hybridized carbons (Fsp3) is 0.435. The van der Waals surface area contributed by atoms with Crippen LogP contribution in [0.15, 0.2) is 41.3 Å². The Bertz CT molecular complexity index is 1120. The van der Waals surface area contributed by atoms with Crippen molar-refractivity contribution in [1.29, 1.82) is 0 Å². The number of unbranched alkanes of at least 4 members (excludes halogenated alkanes) is 2. The van der Waals surface area contributed by atoms with E-state index in [9.17, 15) is 26.4 Å². The standard InChI is InChI=1S/C23H27F3N2O5S/c24-23(25,26)33-20-8-4-3-6-16(20)9-12-28-11-5-1-2-7-19(29)18-14-17-10-13-32-22(17)21(15-18)34(27,30)31/h3-4,6,8,14-15,28H,1-2,5,7,9-13H2,(H2,27,30,31). The normalized spacial score (nSPS) is 13.4. The number of halogens is 3. The third-order valence-electron chi connectivity index (χ3n) is 5.40. The van der Waals surface area contributed by atoms with Crippen molar-refractivity contribution in [2.45, 2.75) is 49.8 Å². The summed E-state index contributed by atoms with van der Waals surface area (Å²) in [6, 6.07) is 8.99. The molecule has 0 radical (unpaired) electrons. The van der Waals surface area contributed by atoms with Crippen molar-refractivity contribution in [3.05, 3.63) is 53.1 Å². The molecule has 1 aliphatic rings. The van der Waals surface area contributed by atoms with E-state index < -0.39 is 16.4 Å². The lowest BCUT2D eigenvalue weighted by atomic mass is 10.0. The van der Waals surface area contributed by atoms with E-state index in [4.69, 9.17) is 9.88 Å². The van der Waals surface area contributed by atoms with Crippen LogP contribution >= 0.6 is 0 Å². The van der Waals surface area contributed by atoms with E-state index in [2.05, 4.69) is 10.1 Å². The van der Waals surface area contributed by atoms with Gasteiger partial charge < -0.3 is 14.8 Å². The Morgan fingerprint density at radius 2 is 1.88 bits per heavy atom. The van der Waals surface area contributed by atoms with Gasteiger partial charge in [0.2, 0.25) is 10.0 Å². The number of carbonyl (C=O) groups excluding carboxylic acids is 1. The van der Waals surface area contributed by atoms with Crippen LogP contribution in [0.1, 0.15) is 47.2 Å². The maximum Gasteiger partial charge on any atom is 0.573 e. The molecule has 1 aliphatic heterocycles. The maximum absolute atomic E-state index is 12.6. The van der Waals surface area contributed by atoms with Crippen LogP contribution < -0.4 is 19.9 Å². The number of primary sulfonamides is 1. The number of fused-ring (bicyclic) bond motifs is 1. The van der Waals surface area contributed by atoms with Gasteiger partial charge in [0.05, 0.1) is 6.61 Å². The van der Waals surface area contributed by atoms with E-state index in [-0.39, 0.29) is 28.6 Å². The first-order chi connectivity index (χ1) is 16.0. The second-order valence-electron chi connectivity index (χ2n) is 8.00. The minimum Gasteiger partial charge on any atom is -0.492 e. The molecule has 2 aromatic rings. The number of Topliss-reactive ketones (excluding diaryl/α,β-unsaturated/α-hetero) is 1. The van der Waals surface area contributed by atoms with Crippen LogP contribution in [-0.2, 0) is 22.9 Å². The van der Waals surface area contributed by atoms with Gasteiger partial charge >= 0.3 is 6.36 Å². The number of rotatable bonds is 12. The Balaban J connectivity index is 1.38. The zero-order valence-corrected chi connectivity index (χ0v) is 19.3. The number of hydrogen-bond donors (Lipinski definition) is 2. The maximum atomic E-state index is 12.6. The molecule has 0 fully saturated rings. The van der Waals surface area contributed by atoms with Gasteiger partial charge in [0, 0.05) is 18.4 Å². The van der Waals surface area contributed by atoms with Crippen LogP contribution in [0, 0.1) is 0 Å². The predicted molar refractivity (Wildman–Crippen MR) is 120 cm³/mol. The average Bonchev–Trinajstić information content (AvgIpc) is 3.22. The zero-order chi connectivity index (χ0) is 24.8. The fourth-order valence-corrected chi connectivity index (χ4v) is 4.52. The van der Waals surface area contributed by atoms with Gasteiger partial charge in [0.1, 0.15) is 16.4 Å². The van der Waals surface area contributed by atoms with E-state index in [1.165, 1.54) is 18.2 Å². The van der Waals surface area contributed by atoms with Gasteiger partial charge in [-0.15, -0.1) is 13.2 Å². The first-order valence-corrected chi connectivity index (χ1v) is 12.5. The van der Waals surface area contributed by atoms with Gasteiger partial charge in [-0.25, -0.2) is 13.6 Å². The van der Waals surface area contributed by atoms with Crippen molar-refractivity contribution in [3.63, 3.8) is 0 Å². The first-order valence-electron chi connectivity index (χ1n) is 10.9. The summed E-state index contributed by atoms with van der Waals surface area (Å²) >= 11 is 0. The quantitative estimate of drug-likeness (QED) is 0.340. The van der Waals surface area contributed by atoms with E-state index in [1.807, 2.05) is 0 Å². The predicted octanol–water partition coefficient (Wildman–Crippen LogP) is 3.74. The third-order valence-corrected chi connectivity index (χ3v) is 6.32. The summed E-state index contributed by atoms with van der Waals surface area (Å²) in [5.74, 6) is -0.120. The van der Waals surface area contributed by atoms with Crippen LogP contribution in [0.3, 0.4) is 0 Å². The van der Waals surface area contributed by atoms with Gasteiger partial charge in [0.15, 0.2) is 5.78 Å². The summed E-state index contributed by atoms with van der Waals surface area (Å²) in [4.78, 5) is 12.4. The Morgan fingerprint density at radius 1 is 1.12 bits per heavy atom. The van der Waals surface area contributed by atoms with Crippen molar-refractivity contribution in [3.8, 4) is 11.5 Å². The van der Waals surface area contributed by atoms with E-state index >= 15 is 0 Å². The molecule has 186 valence electrons. The van der Waals surface area contributed by atoms with Crippen LogP contribution in [0.25, 0.3) is 0 Å². The number of benzene rings is 2. The van der Waals surface area contributed by atoms with E-state index in [0.717, 1.165) is 12.8 Å². The van der Waals surface area contributed by atoms with Crippen LogP contribution in [-0.4, -0.2) is 40.3 Å². The van der Waals surface area contributed by atoms with Crippen molar-refractivity contribution >= 4 is 15.8 Å². The molecule has 0 saturated carbocycles. The molecule has 2 aromatic carbocycles. The highest BCUT2D eigenvalue weighted by Crippen LogP contribution is 2.34. The number of nitrogens with two attached hydrogens (primary N) is 1. The SMILES string of the molecule is NS(=O)(=O)c1cc(C(=O)CCCCCNCCc2ccccc2OC(F)(F)F)cc2c1OCC2. The smallest absolute Gasteiger partial charge is 0.492 e. The number of carbonyl (C=O) groups is 1. The van der Waals surface area contributed by atoms with Crippen molar-refractivity contribution in [1.82, 2.24) is 5.32 Å². The fourth-order valence-electron chi connectivity index (χ4n) is 3.78. The Kier molecular flexibility index (Phi) is 8.56. The lowest BCUT2D eigenvalue weighted by Crippen LogP contribution is -2.21. The summed E-state index contributed by atoms with van der Waals surface area (Å²) in [6.07, 6.45) is -1.37. The van der Waals surface area contributed by atoms with Crippen molar-refractivity contribution in [2.24, 2.45) is 5.14 Å². The average molecular weight is 501 g/mol. The highest BCUT2D eigenvalue weighted by molar-refractivity contribution is 7.89. The summed E-state index contributed by atoms with van der Waals surface area (Å²) in [6.45, 7) is 1.50. The topological polar surface area (TPSA) is 108 Å². The number of hydrogen-bond acceptors (Lipinski definition) is 6. The van der Waals surface area contributed by atoms with Crippen LogP contribution in [0.4, 0.5) is 13.2 Å². The molecule has 3 N–H and O–H groups in total. The monoisotopic (exact) mass is 500 g/mol. The van der Waals surface area contributed by atoms with Gasteiger partial charge in [-0.2, -0.15) is 0 Å². The molecule has 7 nitrogen and oxygen atoms in total. The third kappa shape index (κ3) is 7.44. The first kappa shape index (κ1) is 26.0. The lowest BCUT2D eigenvalue weighted by molar-refractivity contribution is -0.274.